The first-order valence-corrected chi connectivity index (χ1v) is 6.64. The van der Waals surface area contributed by atoms with Crippen LogP contribution < -0.4 is 5.32 Å². The number of carbonyl (C=O) groups is 1. The number of halogens is 2. The summed E-state index contributed by atoms with van der Waals surface area (Å²) >= 11 is 1.21. The topological polar surface area (TPSA) is 29.1 Å². The smallest absolute Gasteiger partial charge is 0.261 e. The third-order valence-corrected chi connectivity index (χ3v) is 3.53. The van der Waals surface area contributed by atoms with E-state index in [1.165, 1.54) is 23.5 Å². The number of thiophene rings is 1. The van der Waals surface area contributed by atoms with E-state index in [2.05, 4.69) is 5.32 Å². The first-order chi connectivity index (χ1) is 8.95. The van der Waals surface area contributed by atoms with Crippen molar-refractivity contribution in [2.75, 3.05) is 0 Å². The molecule has 0 unspecified atom stereocenters. The Labute approximate surface area is 114 Å². The maximum absolute atomic E-state index is 13.1. The molecular weight excluding hydrogens is 268 g/mol. The summed E-state index contributed by atoms with van der Waals surface area (Å²) in [6, 6.07) is 6.71. The van der Waals surface area contributed by atoms with Crippen molar-refractivity contribution in [1.82, 2.24) is 5.32 Å². The average molecular weight is 281 g/mol. The molecule has 100 valence electrons. The Morgan fingerprint density at radius 1 is 1.16 bits per heavy atom. The molecule has 0 aliphatic rings. The fourth-order valence-electron chi connectivity index (χ4n) is 1.64. The van der Waals surface area contributed by atoms with Gasteiger partial charge in [0.25, 0.3) is 5.91 Å². The van der Waals surface area contributed by atoms with Gasteiger partial charge in [-0.05, 0) is 43.7 Å². The molecule has 0 spiro atoms. The van der Waals surface area contributed by atoms with Gasteiger partial charge in [0.2, 0.25) is 0 Å². The van der Waals surface area contributed by atoms with Gasteiger partial charge in [-0.2, -0.15) is 0 Å². The molecule has 0 bridgehead atoms. The van der Waals surface area contributed by atoms with Crippen molar-refractivity contribution in [2.45, 2.75) is 19.9 Å². The number of amides is 1. The van der Waals surface area contributed by atoms with E-state index in [1.54, 1.807) is 12.1 Å². The maximum Gasteiger partial charge on any atom is 0.261 e. The lowest BCUT2D eigenvalue weighted by molar-refractivity contribution is 0.0947. The molecule has 0 saturated carbocycles. The van der Waals surface area contributed by atoms with Crippen molar-refractivity contribution in [2.24, 2.45) is 0 Å². The predicted molar refractivity (Wildman–Crippen MR) is 72.3 cm³/mol. The summed E-state index contributed by atoms with van der Waals surface area (Å²) in [5.74, 6) is -1.43. The number of carbonyl (C=O) groups excluding carboxylic acids is 1. The second-order valence-corrected chi connectivity index (χ2v) is 5.53. The molecule has 0 saturated heterocycles. The van der Waals surface area contributed by atoms with E-state index in [-0.39, 0.29) is 11.9 Å². The number of benzene rings is 1. The van der Waals surface area contributed by atoms with E-state index < -0.39 is 11.6 Å². The van der Waals surface area contributed by atoms with E-state index in [9.17, 15) is 13.6 Å². The fourth-order valence-corrected chi connectivity index (χ4v) is 2.54. The first-order valence-electron chi connectivity index (χ1n) is 5.83. The lowest BCUT2D eigenvalue weighted by Crippen LogP contribution is -2.29. The Balaban J connectivity index is 2.28. The van der Waals surface area contributed by atoms with Crippen molar-refractivity contribution < 1.29 is 13.6 Å². The minimum atomic E-state index is -0.628. The minimum Gasteiger partial charge on any atom is -0.349 e. The number of hydrogen-bond donors (Lipinski definition) is 1. The lowest BCUT2D eigenvalue weighted by atomic mass is 10.2. The van der Waals surface area contributed by atoms with Crippen LogP contribution >= 0.6 is 11.3 Å². The van der Waals surface area contributed by atoms with Crippen LogP contribution in [0.3, 0.4) is 0 Å². The van der Waals surface area contributed by atoms with Gasteiger partial charge in [0, 0.05) is 17.0 Å². The molecule has 1 N–H and O–H groups in total. The second-order valence-electron chi connectivity index (χ2n) is 4.45. The standard InChI is InChI=1S/C14H13F2NOS/c1-8(2)17-14(18)13-4-3-12(19-13)9-5-10(15)7-11(16)6-9/h3-8H,1-2H3,(H,17,18). The first kappa shape index (κ1) is 13.7. The zero-order valence-electron chi connectivity index (χ0n) is 10.5. The van der Waals surface area contributed by atoms with Crippen molar-refractivity contribution in [3.8, 4) is 10.4 Å². The molecule has 1 amide bonds. The molecule has 0 aliphatic heterocycles. The van der Waals surface area contributed by atoms with Gasteiger partial charge in [-0.25, -0.2) is 8.78 Å². The van der Waals surface area contributed by atoms with Crippen LogP contribution in [0.1, 0.15) is 23.5 Å². The molecule has 0 aliphatic carbocycles. The second kappa shape index (κ2) is 5.48. The zero-order chi connectivity index (χ0) is 14.0. The van der Waals surface area contributed by atoms with E-state index in [4.69, 9.17) is 0 Å². The highest BCUT2D eigenvalue weighted by Gasteiger charge is 2.12. The van der Waals surface area contributed by atoms with Crippen molar-refractivity contribution in [3.05, 3.63) is 46.8 Å². The molecule has 1 heterocycles. The number of rotatable bonds is 3. The molecule has 19 heavy (non-hydrogen) atoms. The number of nitrogens with one attached hydrogen (secondary N) is 1. The molecule has 2 rings (SSSR count). The van der Waals surface area contributed by atoms with Gasteiger partial charge in [0.1, 0.15) is 11.6 Å². The van der Waals surface area contributed by atoms with E-state index >= 15 is 0 Å². The molecule has 2 nitrogen and oxygen atoms in total. The van der Waals surface area contributed by atoms with Gasteiger partial charge in [0.15, 0.2) is 0 Å². The molecule has 1 aromatic heterocycles. The third kappa shape index (κ3) is 3.38. The van der Waals surface area contributed by atoms with Gasteiger partial charge in [-0.15, -0.1) is 11.3 Å². The number of hydrogen-bond acceptors (Lipinski definition) is 2. The van der Waals surface area contributed by atoms with Gasteiger partial charge in [-0.3, -0.25) is 4.79 Å². The third-order valence-electron chi connectivity index (χ3n) is 2.40. The Kier molecular flexibility index (Phi) is 3.95. The molecule has 1 aromatic carbocycles. The van der Waals surface area contributed by atoms with Gasteiger partial charge in [-0.1, -0.05) is 0 Å². The van der Waals surface area contributed by atoms with Gasteiger partial charge < -0.3 is 5.32 Å². The summed E-state index contributed by atoms with van der Waals surface area (Å²) in [6.07, 6.45) is 0. The van der Waals surface area contributed by atoms with Crippen molar-refractivity contribution in [1.29, 1.82) is 0 Å². The molecule has 0 fully saturated rings. The molecule has 2 aromatic rings. The van der Waals surface area contributed by atoms with Crippen LogP contribution in [0.2, 0.25) is 0 Å². The Morgan fingerprint density at radius 2 is 1.79 bits per heavy atom. The van der Waals surface area contributed by atoms with Gasteiger partial charge >= 0.3 is 0 Å². The summed E-state index contributed by atoms with van der Waals surface area (Å²) in [5.41, 5.74) is 0.436. The summed E-state index contributed by atoms with van der Waals surface area (Å²) in [7, 11) is 0. The van der Waals surface area contributed by atoms with Crippen LogP contribution in [0, 0.1) is 11.6 Å². The fraction of sp³-hybridized carbons (Fsp3) is 0.214. The molecule has 5 heteroatoms. The van der Waals surface area contributed by atoms with E-state index in [1.807, 2.05) is 13.8 Å². The van der Waals surface area contributed by atoms with Crippen LogP contribution in [0.25, 0.3) is 10.4 Å². The SMILES string of the molecule is CC(C)NC(=O)c1ccc(-c2cc(F)cc(F)c2)s1. The Bertz CT molecular complexity index is 587. The monoisotopic (exact) mass is 281 g/mol. The highest BCUT2D eigenvalue weighted by Crippen LogP contribution is 2.29. The van der Waals surface area contributed by atoms with Crippen molar-refractivity contribution in [3.63, 3.8) is 0 Å². The zero-order valence-corrected chi connectivity index (χ0v) is 11.4. The molecule has 0 atom stereocenters. The van der Waals surface area contributed by atoms with E-state index in [0.29, 0.717) is 15.3 Å². The summed E-state index contributed by atoms with van der Waals surface area (Å²) in [6.45, 7) is 3.74. The maximum atomic E-state index is 13.1. The largest absolute Gasteiger partial charge is 0.349 e. The normalized spacial score (nSPS) is 10.8. The van der Waals surface area contributed by atoms with Crippen LogP contribution in [-0.4, -0.2) is 11.9 Å². The summed E-state index contributed by atoms with van der Waals surface area (Å²) < 4.78 is 26.3. The highest BCUT2D eigenvalue weighted by atomic mass is 32.1. The predicted octanol–water partition coefficient (Wildman–Crippen LogP) is 3.83. The summed E-state index contributed by atoms with van der Waals surface area (Å²) in [5, 5.41) is 2.77. The van der Waals surface area contributed by atoms with Crippen molar-refractivity contribution >= 4 is 17.2 Å². The quantitative estimate of drug-likeness (QED) is 0.910. The lowest BCUT2D eigenvalue weighted by Gasteiger charge is -2.05. The highest BCUT2D eigenvalue weighted by molar-refractivity contribution is 7.17. The molecular formula is C14H13F2NOS. The van der Waals surface area contributed by atoms with E-state index in [0.717, 1.165) is 6.07 Å². The summed E-state index contributed by atoms with van der Waals surface area (Å²) in [4.78, 5) is 13.0. The minimum absolute atomic E-state index is 0.0460. The van der Waals surface area contributed by atoms with Crippen LogP contribution in [-0.2, 0) is 0 Å². The van der Waals surface area contributed by atoms with Crippen LogP contribution in [0.5, 0.6) is 0 Å². The Hall–Kier alpha value is -1.75. The van der Waals surface area contributed by atoms with Crippen LogP contribution in [0.4, 0.5) is 8.78 Å². The molecule has 0 radical (unpaired) electrons. The Morgan fingerprint density at radius 3 is 2.37 bits per heavy atom. The van der Waals surface area contributed by atoms with Crippen LogP contribution in [0.15, 0.2) is 30.3 Å². The average Bonchev–Trinajstić information content (AvgIpc) is 2.75. The van der Waals surface area contributed by atoms with Gasteiger partial charge in [0.05, 0.1) is 4.88 Å².